The molecule has 9 nitrogen and oxygen atoms in total. The van der Waals surface area contributed by atoms with Gasteiger partial charge in [0.1, 0.15) is 17.7 Å². The van der Waals surface area contributed by atoms with Crippen molar-refractivity contribution in [3.8, 4) is 0 Å². The number of likely N-dealkylation sites (N-methyl/N-ethyl adjacent to an activating group) is 1. The van der Waals surface area contributed by atoms with Crippen LogP contribution in [0.3, 0.4) is 0 Å². The zero-order chi connectivity index (χ0) is 30.8. The highest BCUT2D eigenvalue weighted by Crippen LogP contribution is 2.43. The number of pyridine rings is 1. The Bertz CT molecular complexity index is 1600. The number of rotatable bonds is 4. The maximum atomic E-state index is 14.0. The van der Waals surface area contributed by atoms with Crippen LogP contribution in [0.5, 0.6) is 0 Å². The second-order valence-corrected chi connectivity index (χ2v) is 11.4. The molecule has 2 aromatic heterocycles. The number of halogens is 6. The minimum Gasteiger partial charge on any atom is -0.362 e. The number of nitrogens with zero attached hydrogens (tertiary/aromatic N) is 6. The number of aryl methyl sites for hydroxylation is 1. The van der Waals surface area contributed by atoms with Gasteiger partial charge >= 0.3 is 6.18 Å². The fraction of sp³-hybridized carbons (Fsp3) is 0.429. The Kier molecular flexibility index (Phi) is 7.32. The molecule has 3 aromatic rings. The number of carbonyl (C=O) groups excluding carboxylic acids is 2. The Hall–Kier alpha value is -3.78. The molecule has 0 bridgehead atoms. The maximum Gasteiger partial charge on any atom is 0.416 e. The van der Waals surface area contributed by atoms with E-state index in [0.717, 1.165) is 17.0 Å². The van der Waals surface area contributed by atoms with E-state index in [9.17, 15) is 31.5 Å². The Balaban J connectivity index is 1.39. The number of aromatic nitrogens is 3. The summed E-state index contributed by atoms with van der Waals surface area (Å²) in [5, 5.41) is 3.13. The van der Waals surface area contributed by atoms with Crippen LogP contribution in [-0.4, -0.2) is 58.5 Å². The first-order valence-corrected chi connectivity index (χ1v) is 13.9. The van der Waals surface area contributed by atoms with Crippen molar-refractivity contribution in [2.45, 2.75) is 57.7 Å². The van der Waals surface area contributed by atoms with E-state index in [-0.39, 0.29) is 44.1 Å². The summed E-state index contributed by atoms with van der Waals surface area (Å²) in [4.78, 5) is 40.5. The number of benzene rings is 1. The third-order valence-corrected chi connectivity index (χ3v) is 8.41. The number of hydrogen-bond donors (Lipinski definition) is 1. The zero-order valence-electron chi connectivity index (χ0n) is 23.1. The minimum atomic E-state index is -4.67. The number of amides is 2. The molecule has 0 saturated carbocycles. The van der Waals surface area contributed by atoms with Gasteiger partial charge in [-0.05, 0) is 31.2 Å². The predicted molar refractivity (Wildman–Crippen MR) is 148 cm³/mol. The molecule has 1 N–H and O–H groups in total. The lowest BCUT2D eigenvalue weighted by molar-refractivity contribution is -0.137. The van der Waals surface area contributed by atoms with E-state index < -0.39 is 48.0 Å². The Morgan fingerprint density at radius 2 is 1.91 bits per heavy atom. The summed E-state index contributed by atoms with van der Waals surface area (Å²) in [5.41, 5.74) is 0.613. The molecule has 3 aliphatic rings. The van der Waals surface area contributed by atoms with Crippen LogP contribution in [0.1, 0.15) is 29.2 Å². The normalized spacial score (nSPS) is 22.4. The van der Waals surface area contributed by atoms with Crippen molar-refractivity contribution >= 4 is 40.6 Å². The van der Waals surface area contributed by atoms with E-state index in [4.69, 9.17) is 11.6 Å². The molecular formula is C28H27ClF5N7O2. The molecule has 6 rings (SSSR count). The standard InChI is InChI=1S/C28H27ClF5N7O2/c1-14-6-16(28(32,33)34)8-21(36-14)41-23(42)7-15-10-40(12-17-11-39-13-19(26(30)31)35-9-22(39)37-17)25-18(29)4-3-5-20(25)38(2)27(43)24(15)41/h3-6,8,11,15,19,24,26,35H,7,9-10,12-13H2,1-2H3/t15-,19?,24+/m1/s1. The lowest BCUT2D eigenvalue weighted by atomic mass is 9.95. The Morgan fingerprint density at radius 3 is 2.63 bits per heavy atom. The first-order valence-electron chi connectivity index (χ1n) is 13.6. The van der Waals surface area contributed by atoms with Crippen LogP contribution >= 0.6 is 11.6 Å². The highest BCUT2D eigenvalue weighted by atomic mass is 35.5. The lowest BCUT2D eigenvalue weighted by Gasteiger charge is -2.39. The monoisotopic (exact) mass is 623 g/mol. The summed E-state index contributed by atoms with van der Waals surface area (Å²) >= 11 is 6.68. The fourth-order valence-electron chi connectivity index (χ4n) is 6.16. The topological polar surface area (TPSA) is 86.6 Å². The third kappa shape index (κ3) is 5.30. The quantitative estimate of drug-likeness (QED) is 0.434. The number of imidazole rings is 1. The number of para-hydroxylation sites is 1. The van der Waals surface area contributed by atoms with Crippen LogP contribution in [0.2, 0.25) is 5.02 Å². The third-order valence-electron chi connectivity index (χ3n) is 8.11. The predicted octanol–water partition coefficient (Wildman–Crippen LogP) is 4.40. The fourth-order valence-corrected chi connectivity index (χ4v) is 6.45. The van der Waals surface area contributed by atoms with Gasteiger partial charge in [0.25, 0.3) is 6.43 Å². The number of hydrogen-bond acceptors (Lipinski definition) is 6. The average Bonchev–Trinajstić information content (AvgIpc) is 3.49. The number of fused-ring (bicyclic) bond motifs is 3. The van der Waals surface area contributed by atoms with E-state index >= 15 is 0 Å². The van der Waals surface area contributed by atoms with Crippen molar-refractivity contribution in [2.24, 2.45) is 5.92 Å². The summed E-state index contributed by atoms with van der Waals surface area (Å²) in [6.07, 6.45) is -5.62. The molecule has 1 fully saturated rings. The van der Waals surface area contributed by atoms with Gasteiger partial charge in [0, 0.05) is 44.4 Å². The molecule has 0 spiro atoms. The molecule has 15 heteroatoms. The van der Waals surface area contributed by atoms with Crippen LogP contribution in [0.15, 0.2) is 36.5 Å². The molecule has 228 valence electrons. The molecule has 2 amide bonds. The van der Waals surface area contributed by atoms with Crippen molar-refractivity contribution in [3.63, 3.8) is 0 Å². The van der Waals surface area contributed by atoms with E-state index in [1.807, 2.05) is 4.90 Å². The van der Waals surface area contributed by atoms with E-state index in [1.54, 1.807) is 29.0 Å². The van der Waals surface area contributed by atoms with Crippen LogP contribution in [-0.2, 0) is 35.4 Å². The second kappa shape index (κ2) is 10.7. The molecular weight excluding hydrogens is 597 g/mol. The Labute approximate surface area is 248 Å². The van der Waals surface area contributed by atoms with Crippen molar-refractivity contribution in [3.05, 3.63) is 64.3 Å². The number of carbonyl (C=O) groups is 2. The minimum absolute atomic E-state index is 0.0478. The van der Waals surface area contributed by atoms with Gasteiger partial charge in [-0.1, -0.05) is 17.7 Å². The smallest absolute Gasteiger partial charge is 0.362 e. The second-order valence-electron chi connectivity index (χ2n) is 11.0. The van der Waals surface area contributed by atoms with Crippen molar-refractivity contribution in [2.75, 3.05) is 28.3 Å². The number of anilines is 3. The van der Waals surface area contributed by atoms with Crippen LogP contribution in [0.25, 0.3) is 0 Å². The van der Waals surface area contributed by atoms with Crippen LogP contribution in [0.4, 0.5) is 39.1 Å². The van der Waals surface area contributed by atoms with Gasteiger partial charge in [0.2, 0.25) is 11.8 Å². The molecule has 1 aromatic carbocycles. The molecule has 1 unspecified atom stereocenters. The summed E-state index contributed by atoms with van der Waals surface area (Å²) in [6.45, 7) is 1.93. The summed E-state index contributed by atoms with van der Waals surface area (Å²) < 4.78 is 69.3. The molecule has 1 saturated heterocycles. The lowest BCUT2D eigenvalue weighted by Crippen LogP contribution is -2.52. The van der Waals surface area contributed by atoms with Gasteiger partial charge in [-0.15, -0.1) is 0 Å². The first-order chi connectivity index (χ1) is 20.3. The maximum absolute atomic E-state index is 14.0. The van der Waals surface area contributed by atoms with Gasteiger partial charge in [0.15, 0.2) is 0 Å². The molecule has 0 radical (unpaired) electrons. The molecule has 5 heterocycles. The molecule has 0 aliphatic carbocycles. The number of nitrogens with one attached hydrogen (secondary N) is 1. The van der Waals surface area contributed by atoms with Gasteiger partial charge in [0.05, 0.1) is 46.8 Å². The van der Waals surface area contributed by atoms with Gasteiger partial charge in [-0.3, -0.25) is 14.5 Å². The van der Waals surface area contributed by atoms with Gasteiger partial charge < -0.3 is 19.7 Å². The molecule has 3 aliphatic heterocycles. The van der Waals surface area contributed by atoms with Crippen molar-refractivity contribution < 1.29 is 31.5 Å². The highest BCUT2D eigenvalue weighted by molar-refractivity contribution is 6.34. The SMILES string of the molecule is Cc1cc(C(F)(F)F)cc(N2C(=O)C[C@@H]3CN(Cc4cn5c(n4)CNC(C(F)F)C5)c4c(Cl)cccc4N(C)C(=O)[C@H]32)n1. The van der Waals surface area contributed by atoms with Crippen LogP contribution in [0, 0.1) is 12.8 Å². The van der Waals surface area contributed by atoms with E-state index in [2.05, 4.69) is 15.3 Å². The largest absolute Gasteiger partial charge is 0.416 e. The number of alkyl halides is 5. The molecule has 43 heavy (non-hydrogen) atoms. The summed E-state index contributed by atoms with van der Waals surface area (Å²) in [7, 11) is 1.52. The van der Waals surface area contributed by atoms with E-state index in [0.29, 0.717) is 27.9 Å². The van der Waals surface area contributed by atoms with Gasteiger partial charge in [-0.25, -0.2) is 18.7 Å². The Morgan fingerprint density at radius 1 is 1.14 bits per heavy atom. The summed E-state index contributed by atoms with van der Waals surface area (Å²) in [5.74, 6) is -1.30. The molecule has 3 atom stereocenters. The summed E-state index contributed by atoms with van der Waals surface area (Å²) in [6, 6.07) is 4.57. The highest BCUT2D eigenvalue weighted by Gasteiger charge is 2.49. The zero-order valence-corrected chi connectivity index (χ0v) is 23.8. The van der Waals surface area contributed by atoms with Crippen molar-refractivity contribution in [1.29, 1.82) is 0 Å². The van der Waals surface area contributed by atoms with Crippen LogP contribution < -0.4 is 20.0 Å². The van der Waals surface area contributed by atoms with Crippen molar-refractivity contribution in [1.82, 2.24) is 19.9 Å². The average molecular weight is 624 g/mol. The van der Waals surface area contributed by atoms with Gasteiger partial charge in [-0.2, -0.15) is 13.2 Å². The first kappa shape index (κ1) is 29.3. The van der Waals surface area contributed by atoms with E-state index in [1.165, 1.54) is 18.9 Å².